The molecule has 0 aliphatic carbocycles. The van der Waals surface area contributed by atoms with E-state index in [4.69, 9.17) is 4.74 Å². The summed E-state index contributed by atoms with van der Waals surface area (Å²) in [4.78, 5) is 2.53. The summed E-state index contributed by atoms with van der Waals surface area (Å²) in [5.74, 6) is 0.955. The third-order valence-electron chi connectivity index (χ3n) is 3.30. The Labute approximate surface area is 104 Å². The molecule has 1 saturated heterocycles. The second-order valence-corrected chi connectivity index (χ2v) is 4.76. The summed E-state index contributed by atoms with van der Waals surface area (Å²) in [6.45, 7) is 6.81. The van der Waals surface area contributed by atoms with E-state index in [-0.39, 0.29) is 0 Å². The highest BCUT2D eigenvalue weighted by Gasteiger charge is 2.14. The van der Waals surface area contributed by atoms with E-state index in [9.17, 15) is 0 Å². The van der Waals surface area contributed by atoms with Crippen molar-refractivity contribution in [3.8, 4) is 5.75 Å². The van der Waals surface area contributed by atoms with Gasteiger partial charge in [0, 0.05) is 32.2 Å². The molecular weight excluding hydrogens is 212 g/mol. The van der Waals surface area contributed by atoms with Gasteiger partial charge in [-0.3, -0.25) is 0 Å². The maximum Gasteiger partial charge on any atom is 0.119 e. The van der Waals surface area contributed by atoms with Gasteiger partial charge in [-0.2, -0.15) is 0 Å². The SMILES string of the molecule is COc1cccc(CCN2CCNC(C)C2)c1. The van der Waals surface area contributed by atoms with Gasteiger partial charge in [0.2, 0.25) is 0 Å². The van der Waals surface area contributed by atoms with Crippen molar-refractivity contribution in [2.24, 2.45) is 0 Å². The molecule has 1 aromatic rings. The average molecular weight is 234 g/mol. The molecule has 2 rings (SSSR count). The van der Waals surface area contributed by atoms with Crippen LogP contribution < -0.4 is 10.1 Å². The van der Waals surface area contributed by atoms with Gasteiger partial charge in [0.05, 0.1) is 7.11 Å². The molecule has 0 saturated carbocycles. The van der Waals surface area contributed by atoms with Crippen LogP contribution in [0, 0.1) is 0 Å². The highest BCUT2D eigenvalue weighted by Crippen LogP contribution is 2.13. The number of benzene rings is 1. The van der Waals surface area contributed by atoms with Gasteiger partial charge in [-0.1, -0.05) is 12.1 Å². The van der Waals surface area contributed by atoms with E-state index in [0.717, 1.165) is 38.3 Å². The molecule has 1 aromatic carbocycles. The summed E-state index contributed by atoms with van der Waals surface area (Å²) >= 11 is 0. The monoisotopic (exact) mass is 234 g/mol. The summed E-state index contributed by atoms with van der Waals surface area (Å²) in [5, 5.41) is 3.47. The molecule has 0 bridgehead atoms. The van der Waals surface area contributed by atoms with Crippen LogP contribution in [0.2, 0.25) is 0 Å². The molecule has 0 aromatic heterocycles. The number of hydrogen-bond acceptors (Lipinski definition) is 3. The standard InChI is InChI=1S/C14H22N2O/c1-12-11-16(9-7-15-12)8-6-13-4-3-5-14(10-13)17-2/h3-5,10,12,15H,6-9,11H2,1-2H3. The van der Waals surface area contributed by atoms with Crippen LogP contribution in [-0.2, 0) is 6.42 Å². The van der Waals surface area contributed by atoms with E-state index in [0.29, 0.717) is 6.04 Å². The zero-order chi connectivity index (χ0) is 12.1. The van der Waals surface area contributed by atoms with Gasteiger partial charge in [-0.15, -0.1) is 0 Å². The first-order valence-corrected chi connectivity index (χ1v) is 6.36. The molecule has 3 heteroatoms. The van der Waals surface area contributed by atoms with Crippen molar-refractivity contribution in [2.45, 2.75) is 19.4 Å². The molecule has 17 heavy (non-hydrogen) atoms. The van der Waals surface area contributed by atoms with Gasteiger partial charge in [-0.25, -0.2) is 0 Å². The molecule has 0 spiro atoms. The lowest BCUT2D eigenvalue weighted by atomic mass is 10.1. The van der Waals surface area contributed by atoms with Gasteiger partial charge in [-0.05, 0) is 31.0 Å². The van der Waals surface area contributed by atoms with Crippen molar-refractivity contribution in [3.05, 3.63) is 29.8 Å². The largest absolute Gasteiger partial charge is 0.497 e. The molecule has 1 aliphatic heterocycles. The lowest BCUT2D eigenvalue weighted by Crippen LogP contribution is -2.49. The van der Waals surface area contributed by atoms with Crippen molar-refractivity contribution in [3.63, 3.8) is 0 Å². The van der Waals surface area contributed by atoms with E-state index < -0.39 is 0 Å². The predicted molar refractivity (Wildman–Crippen MR) is 70.6 cm³/mol. The summed E-state index contributed by atoms with van der Waals surface area (Å²) in [7, 11) is 1.72. The maximum absolute atomic E-state index is 5.24. The van der Waals surface area contributed by atoms with Gasteiger partial charge < -0.3 is 15.0 Å². The zero-order valence-corrected chi connectivity index (χ0v) is 10.8. The number of methoxy groups -OCH3 is 1. The fraction of sp³-hybridized carbons (Fsp3) is 0.571. The molecular formula is C14H22N2O. The number of nitrogens with zero attached hydrogens (tertiary/aromatic N) is 1. The summed E-state index contributed by atoms with van der Waals surface area (Å²) in [6.07, 6.45) is 1.10. The van der Waals surface area contributed by atoms with Crippen molar-refractivity contribution in [2.75, 3.05) is 33.3 Å². The second-order valence-electron chi connectivity index (χ2n) is 4.76. The minimum absolute atomic E-state index is 0.619. The Morgan fingerprint density at radius 1 is 1.47 bits per heavy atom. The van der Waals surface area contributed by atoms with Gasteiger partial charge in [0.15, 0.2) is 0 Å². The van der Waals surface area contributed by atoms with Crippen LogP contribution in [0.1, 0.15) is 12.5 Å². The van der Waals surface area contributed by atoms with Gasteiger partial charge >= 0.3 is 0 Å². The van der Waals surface area contributed by atoms with Crippen LogP contribution in [0.15, 0.2) is 24.3 Å². The molecule has 1 unspecified atom stereocenters. The lowest BCUT2D eigenvalue weighted by Gasteiger charge is -2.31. The van der Waals surface area contributed by atoms with E-state index in [1.807, 2.05) is 6.07 Å². The van der Waals surface area contributed by atoms with Crippen molar-refractivity contribution < 1.29 is 4.74 Å². The molecule has 3 nitrogen and oxygen atoms in total. The molecule has 1 heterocycles. The van der Waals surface area contributed by atoms with Crippen LogP contribution in [-0.4, -0.2) is 44.2 Å². The fourth-order valence-corrected chi connectivity index (χ4v) is 2.33. The highest BCUT2D eigenvalue weighted by molar-refractivity contribution is 5.28. The van der Waals surface area contributed by atoms with Crippen LogP contribution >= 0.6 is 0 Å². The molecule has 1 N–H and O–H groups in total. The lowest BCUT2D eigenvalue weighted by molar-refractivity contribution is 0.209. The summed E-state index contributed by atoms with van der Waals surface area (Å²) in [5.41, 5.74) is 1.36. The smallest absolute Gasteiger partial charge is 0.119 e. The first-order valence-electron chi connectivity index (χ1n) is 6.36. The van der Waals surface area contributed by atoms with Crippen LogP contribution in [0.5, 0.6) is 5.75 Å². The summed E-state index contributed by atoms with van der Waals surface area (Å²) < 4.78 is 5.24. The van der Waals surface area contributed by atoms with E-state index in [2.05, 4.69) is 35.3 Å². The Kier molecular flexibility index (Phi) is 4.40. The van der Waals surface area contributed by atoms with E-state index in [1.54, 1.807) is 7.11 Å². The topological polar surface area (TPSA) is 24.5 Å². The molecule has 94 valence electrons. The fourth-order valence-electron chi connectivity index (χ4n) is 2.33. The average Bonchev–Trinajstić information content (AvgIpc) is 2.37. The molecule has 0 amide bonds. The van der Waals surface area contributed by atoms with Crippen molar-refractivity contribution in [1.82, 2.24) is 10.2 Å². The van der Waals surface area contributed by atoms with Crippen LogP contribution in [0.4, 0.5) is 0 Å². The Balaban J connectivity index is 1.84. The minimum atomic E-state index is 0.619. The molecule has 1 atom stereocenters. The van der Waals surface area contributed by atoms with Gasteiger partial charge in [0.25, 0.3) is 0 Å². The Bertz CT molecular complexity index is 354. The van der Waals surface area contributed by atoms with Gasteiger partial charge in [0.1, 0.15) is 5.75 Å². The van der Waals surface area contributed by atoms with Crippen molar-refractivity contribution in [1.29, 1.82) is 0 Å². The van der Waals surface area contributed by atoms with E-state index in [1.165, 1.54) is 5.56 Å². The van der Waals surface area contributed by atoms with Crippen LogP contribution in [0.25, 0.3) is 0 Å². The number of rotatable bonds is 4. The number of ether oxygens (including phenoxy) is 1. The Morgan fingerprint density at radius 2 is 2.35 bits per heavy atom. The maximum atomic E-state index is 5.24. The number of piperazine rings is 1. The summed E-state index contributed by atoms with van der Waals surface area (Å²) in [6, 6.07) is 8.99. The molecule has 0 radical (unpaired) electrons. The predicted octanol–water partition coefficient (Wildman–Crippen LogP) is 1.53. The first-order chi connectivity index (χ1) is 8.28. The number of hydrogen-bond donors (Lipinski definition) is 1. The minimum Gasteiger partial charge on any atom is -0.497 e. The Hall–Kier alpha value is -1.06. The number of nitrogens with one attached hydrogen (secondary N) is 1. The quantitative estimate of drug-likeness (QED) is 0.855. The van der Waals surface area contributed by atoms with E-state index >= 15 is 0 Å². The van der Waals surface area contributed by atoms with Crippen molar-refractivity contribution >= 4 is 0 Å². The van der Waals surface area contributed by atoms with Crippen LogP contribution in [0.3, 0.4) is 0 Å². The molecule has 1 aliphatic rings. The third-order valence-corrected chi connectivity index (χ3v) is 3.30. The second kappa shape index (κ2) is 6.03. The highest BCUT2D eigenvalue weighted by atomic mass is 16.5. The molecule has 1 fully saturated rings. The normalized spacial score (nSPS) is 21.4. The zero-order valence-electron chi connectivity index (χ0n) is 10.8. The first kappa shape index (κ1) is 12.4. The third kappa shape index (κ3) is 3.72. The Morgan fingerprint density at radius 3 is 3.12 bits per heavy atom.